The first kappa shape index (κ1) is 30.7. The molecule has 230 valence electrons. The molecule has 2 aromatic heterocycles. The van der Waals surface area contributed by atoms with Crippen molar-refractivity contribution in [1.29, 1.82) is 0 Å². The number of aliphatic imine (C=N–C) groups is 1. The van der Waals surface area contributed by atoms with E-state index in [0.717, 1.165) is 22.3 Å². The van der Waals surface area contributed by atoms with Gasteiger partial charge in [0.15, 0.2) is 5.90 Å². The number of aliphatic hydroxyl groups is 1. The molecule has 3 heterocycles. The van der Waals surface area contributed by atoms with E-state index in [-0.39, 0.29) is 55.6 Å². The molecule has 1 aliphatic rings. The number of benzene rings is 2. The number of alkyl halides is 3. The molecule has 1 atom stereocenters. The van der Waals surface area contributed by atoms with Crippen LogP contribution in [0.3, 0.4) is 0 Å². The molecular weight excluding hydrogens is 584 g/mol. The van der Waals surface area contributed by atoms with Gasteiger partial charge in [0.25, 0.3) is 5.56 Å². The van der Waals surface area contributed by atoms with Crippen LogP contribution in [0, 0.1) is 11.7 Å². The minimum absolute atomic E-state index is 0.00243. The molecule has 1 N–H and O–H groups in total. The lowest BCUT2D eigenvalue weighted by Crippen LogP contribution is -2.42. The SMILES string of the molecule is O=c1c2c(n(Cc3ccncc3)c(=O)n1CCCO)N=C(Oc1cccc(OC(F)(F)F)c1)C(Cc1ccc(F)cc1)CC2. The molecule has 4 aromatic rings. The Kier molecular flexibility index (Phi) is 9.23. The van der Waals surface area contributed by atoms with Crippen LogP contribution in [0.1, 0.15) is 29.5 Å². The van der Waals surface area contributed by atoms with Crippen molar-refractivity contribution in [3.8, 4) is 11.5 Å². The Hall–Kier alpha value is -4.78. The molecule has 44 heavy (non-hydrogen) atoms. The molecule has 0 radical (unpaired) electrons. The van der Waals surface area contributed by atoms with E-state index >= 15 is 0 Å². The Labute approximate surface area is 248 Å². The highest BCUT2D eigenvalue weighted by molar-refractivity contribution is 5.84. The molecule has 1 unspecified atom stereocenters. The van der Waals surface area contributed by atoms with E-state index in [9.17, 15) is 32.3 Å². The monoisotopic (exact) mass is 612 g/mol. The molecule has 0 fully saturated rings. The molecule has 0 saturated carbocycles. The lowest BCUT2D eigenvalue weighted by atomic mass is 9.93. The maximum Gasteiger partial charge on any atom is 0.573 e. The Morgan fingerprint density at radius 1 is 0.955 bits per heavy atom. The molecule has 0 spiro atoms. The van der Waals surface area contributed by atoms with Gasteiger partial charge in [-0.15, -0.1) is 13.2 Å². The van der Waals surface area contributed by atoms with Crippen LogP contribution in [0.15, 0.2) is 87.6 Å². The molecule has 5 rings (SSSR count). The Morgan fingerprint density at radius 3 is 2.39 bits per heavy atom. The topological polar surface area (TPSA) is 108 Å². The minimum Gasteiger partial charge on any atom is -0.442 e. The van der Waals surface area contributed by atoms with Crippen LogP contribution in [0.25, 0.3) is 0 Å². The van der Waals surface area contributed by atoms with Gasteiger partial charge >= 0.3 is 12.1 Å². The minimum atomic E-state index is -4.92. The van der Waals surface area contributed by atoms with Crippen LogP contribution >= 0.6 is 0 Å². The average Bonchev–Trinajstić information content (AvgIpc) is 3.16. The highest BCUT2D eigenvalue weighted by Crippen LogP contribution is 2.31. The van der Waals surface area contributed by atoms with E-state index in [4.69, 9.17) is 9.73 Å². The number of fused-ring (bicyclic) bond motifs is 1. The van der Waals surface area contributed by atoms with E-state index in [2.05, 4.69) is 9.72 Å². The zero-order valence-corrected chi connectivity index (χ0v) is 23.3. The molecule has 0 bridgehead atoms. The van der Waals surface area contributed by atoms with Gasteiger partial charge < -0.3 is 14.6 Å². The summed E-state index contributed by atoms with van der Waals surface area (Å²) < 4.78 is 64.9. The summed E-state index contributed by atoms with van der Waals surface area (Å²) >= 11 is 0. The van der Waals surface area contributed by atoms with Crippen molar-refractivity contribution in [2.75, 3.05) is 6.61 Å². The van der Waals surface area contributed by atoms with Crippen LogP contribution in [-0.4, -0.2) is 38.1 Å². The van der Waals surface area contributed by atoms with Gasteiger partial charge in [0, 0.05) is 37.5 Å². The number of hydrogen-bond donors (Lipinski definition) is 1. The summed E-state index contributed by atoms with van der Waals surface area (Å²) in [4.78, 5) is 36.0. The lowest BCUT2D eigenvalue weighted by Gasteiger charge is -2.19. The van der Waals surface area contributed by atoms with Crippen molar-refractivity contribution in [3.05, 3.63) is 116 Å². The fourth-order valence-corrected chi connectivity index (χ4v) is 5.02. The van der Waals surface area contributed by atoms with Crippen LogP contribution in [0.5, 0.6) is 11.5 Å². The van der Waals surface area contributed by atoms with Gasteiger partial charge in [-0.1, -0.05) is 18.2 Å². The normalized spacial score (nSPS) is 14.8. The van der Waals surface area contributed by atoms with Crippen LogP contribution < -0.4 is 20.7 Å². The second-order valence-electron chi connectivity index (χ2n) is 10.2. The second-order valence-corrected chi connectivity index (χ2v) is 10.2. The third-order valence-electron chi connectivity index (χ3n) is 7.09. The number of pyridine rings is 1. The molecule has 9 nitrogen and oxygen atoms in total. The van der Waals surface area contributed by atoms with Gasteiger partial charge in [-0.2, -0.15) is 4.99 Å². The first-order valence-electron chi connectivity index (χ1n) is 13.8. The van der Waals surface area contributed by atoms with Crippen molar-refractivity contribution in [1.82, 2.24) is 14.1 Å². The smallest absolute Gasteiger partial charge is 0.442 e. The molecule has 0 amide bonds. The summed E-state index contributed by atoms with van der Waals surface area (Å²) in [7, 11) is 0. The van der Waals surface area contributed by atoms with Crippen molar-refractivity contribution in [2.24, 2.45) is 10.9 Å². The predicted octanol–water partition coefficient (Wildman–Crippen LogP) is 4.79. The Balaban J connectivity index is 1.64. The maximum atomic E-state index is 13.7. The number of aromatic nitrogens is 3. The van der Waals surface area contributed by atoms with E-state index in [1.807, 2.05) is 0 Å². The van der Waals surface area contributed by atoms with Crippen LogP contribution in [0.4, 0.5) is 23.4 Å². The number of aliphatic hydroxyl groups excluding tert-OH is 1. The summed E-state index contributed by atoms with van der Waals surface area (Å²) in [6.07, 6.45) is -0.778. The molecule has 13 heteroatoms. The third-order valence-corrected chi connectivity index (χ3v) is 7.09. The molecule has 0 aliphatic carbocycles. The first-order chi connectivity index (χ1) is 21.1. The summed E-state index contributed by atoms with van der Waals surface area (Å²) in [6.45, 7) is -0.187. The maximum absolute atomic E-state index is 13.7. The third kappa shape index (κ3) is 7.40. The number of rotatable bonds is 9. The van der Waals surface area contributed by atoms with E-state index in [1.54, 1.807) is 36.7 Å². The van der Waals surface area contributed by atoms with Crippen molar-refractivity contribution in [3.63, 3.8) is 0 Å². The fraction of sp³-hybridized carbons (Fsp3) is 0.290. The van der Waals surface area contributed by atoms with Gasteiger partial charge in [-0.25, -0.2) is 9.18 Å². The van der Waals surface area contributed by atoms with Crippen molar-refractivity contribution in [2.45, 2.75) is 45.1 Å². The molecular formula is C31H28F4N4O5. The van der Waals surface area contributed by atoms with Gasteiger partial charge in [-0.3, -0.25) is 18.9 Å². The standard InChI is InChI=1S/C31H28F4N4O5/c32-23-8-5-20(6-9-23)17-22-7-10-26-27(37-28(22)43-24-3-1-4-25(18-24)44-31(33,34)35)39(19-21-11-13-36-14-12-21)30(42)38(29(26)41)15-2-16-40/h1,3-6,8-9,11-14,18,22,40H,2,7,10,15-17,19H2. The second kappa shape index (κ2) is 13.2. The van der Waals surface area contributed by atoms with Crippen LogP contribution in [-0.2, 0) is 25.9 Å². The molecule has 2 aromatic carbocycles. The predicted molar refractivity (Wildman–Crippen MR) is 153 cm³/mol. The lowest BCUT2D eigenvalue weighted by molar-refractivity contribution is -0.274. The van der Waals surface area contributed by atoms with E-state index in [1.165, 1.54) is 28.8 Å². The zero-order valence-electron chi connectivity index (χ0n) is 23.3. The number of hydrogen-bond acceptors (Lipinski definition) is 7. The highest BCUT2D eigenvalue weighted by atomic mass is 19.4. The Morgan fingerprint density at radius 2 is 1.68 bits per heavy atom. The van der Waals surface area contributed by atoms with Gasteiger partial charge in [0.05, 0.1) is 12.1 Å². The van der Waals surface area contributed by atoms with Crippen LogP contribution in [0.2, 0.25) is 0 Å². The zero-order chi connectivity index (χ0) is 31.3. The molecule has 0 saturated heterocycles. The molecule has 1 aliphatic heterocycles. The quantitative estimate of drug-likeness (QED) is 0.273. The van der Waals surface area contributed by atoms with Crippen molar-refractivity contribution < 1.29 is 32.1 Å². The summed E-state index contributed by atoms with van der Waals surface area (Å²) in [5.74, 6) is -1.30. The largest absolute Gasteiger partial charge is 0.573 e. The Bertz CT molecular complexity index is 1750. The summed E-state index contributed by atoms with van der Waals surface area (Å²) in [6, 6.07) is 14.2. The van der Waals surface area contributed by atoms with E-state index in [0.29, 0.717) is 18.4 Å². The van der Waals surface area contributed by atoms with Gasteiger partial charge in [0.2, 0.25) is 0 Å². The number of nitrogens with zero attached hydrogens (tertiary/aromatic N) is 4. The summed E-state index contributed by atoms with van der Waals surface area (Å²) in [5, 5.41) is 9.38. The fourth-order valence-electron chi connectivity index (χ4n) is 5.02. The van der Waals surface area contributed by atoms with Gasteiger partial charge in [0.1, 0.15) is 23.1 Å². The average molecular weight is 613 g/mol. The highest BCUT2D eigenvalue weighted by Gasteiger charge is 2.32. The number of ether oxygens (including phenoxy) is 2. The first-order valence-corrected chi connectivity index (χ1v) is 13.8. The van der Waals surface area contributed by atoms with Gasteiger partial charge in [-0.05, 0) is 73.2 Å². The van der Waals surface area contributed by atoms with E-state index < -0.39 is 35.1 Å². The van der Waals surface area contributed by atoms with Crippen molar-refractivity contribution >= 4 is 11.7 Å². The number of halogens is 4. The summed E-state index contributed by atoms with van der Waals surface area (Å²) in [5.41, 5.74) is 0.518.